The summed E-state index contributed by atoms with van der Waals surface area (Å²) in [6.07, 6.45) is 1.86. The summed E-state index contributed by atoms with van der Waals surface area (Å²) in [5, 5.41) is 11.9. The van der Waals surface area contributed by atoms with Gasteiger partial charge in [-0.2, -0.15) is 0 Å². The van der Waals surface area contributed by atoms with E-state index < -0.39 is 12.0 Å². The zero-order valence-corrected chi connectivity index (χ0v) is 12.0. The number of carboxylic acids is 1. The summed E-state index contributed by atoms with van der Waals surface area (Å²) in [5.74, 6) is -1.30. The van der Waals surface area contributed by atoms with Crippen LogP contribution in [0.2, 0.25) is 0 Å². The maximum Gasteiger partial charge on any atom is 0.326 e. The molecule has 1 heterocycles. The highest BCUT2D eigenvalue weighted by atomic mass is 16.4. The van der Waals surface area contributed by atoms with Gasteiger partial charge in [0.05, 0.1) is 0 Å². The predicted octanol–water partition coefficient (Wildman–Crippen LogP) is 0.444. The molecule has 0 radical (unpaired) electrons. The average molecular weight is 291 g/mol. The Morgan fingerprint density at radius 2 is 2.05 bits per heavy atom. The molecule has 1 saturated heterocycles. The molecule has 2 rings (SSSR count). The van der Waals surface area contributed by atoms with Gasteiger partial charge in [0.1, 0.15) is 12.1 Å². The van der Waals surface area contributed by atoms with E-state index in [1.54, 1.807) is 0 Å². The number of aliphatic carboxylic acids is 1. The Morgan fingerprint density at radius 1 is 1.33 bits per heavy atom. The van der Waals surface area contributed by atoms with Crippen LogP contribution in [0.1, 0.15) is 25.3 Å². The molecule has 3 atom stereocenters. The van der Waals surface area contributed by atoms with Crippen molar-refractivity contribution >= 4 is 11.9 Å². The minimum atomic E-state index is -1.02. The monoisotopic (exact) mass is 291 g/mol. The van der Waals surface area contributed by atoms with Crippen molar-refractivity contribution in [2.24, 2.45) is 0 Å². The maximum absolute atomic E-state index is 12.1. The van der Waals surface area contributed by atoms with Gasteiger partial charge in [-0.1, -0.05) is 37.3 Å². The highest BCUT2D eigenvalue weighted by Crippen LogP contribution is 2.09. The number of rotatable bonds is 6. The van der Waals surface area contributed by atoms with Crippen LogP contribution in [0, 0.1) is 0 Å². The summed E-state index contributed by atoms with van der Waals surface area (Å²) in [4.78, 5) is 23.5. The molecule has 0 saturated carbocycles. The quantitative estimate of drug-likeness (QED) is 0.611. The fourth-order valence-corrected chi connectivity index (χ4v) is 2.38. The molecule has 0 bridgehead atoms. The van der Waals surface area contributed by atoms with E-state index in [2.05, 4.69) is 16.2 Å². The Kier molecular flexibility index (Phi) is 5.30. The highest BCUT2D eigenvalue weighted by Gasteiger charge is 2.30. The van der Waals surface area contributed by atoms with E-state index in [0.717, 1.165) is 12.0 Å². The summed E-state index contributed by atoms with van der Waals surface area (Å²) in [6, 6.07) is 8.23. The second-order valence-electron chi connectivity index (χ2n) is 5.27. The number of hydrazine groups is 1. The van der Waals surface area contributed by atoms with Crippen LogP contribution in [-0.4, -0.2) is 35.1 Å². The first-order chi connectivity index (χ1) is 10.1. The summed E-state index contributed by atoms with van der Waals surface area (Å²) < 4.78 is 0. The van der Waals surface area contributed by atoms with Gasteiger partial charge in [-0.15, -0.1) is 0 Å². The number of carbonyl (C=O) groups is 2. The number of nitrogens with one attached hydrogen (secondary N) is 3. The number of carboxylic acid groups (broad SMARTS) is 1. The lowest BCUT2D eigenvalue weighted by atomic mass is 10.0. The molecule has 4 N–H and O–H groups in total. The van der Waals surface area contributed by atoms with Crippen molar-refractivity contribution < 1.29 is 14.7 Å². The van der Waals surface area contributed by atoms with Crippen LogP contribution < -0.4 is 16.2 Å². The van der Waals surface area contributed by atoms with Crippen LogP contribution in [0.3, 0.4) is 0 Å². The number of carbonyl (C=O) groups excluding carboxylic acids is 1. The first-order valence-corrected chi connectivity index (χ1v) is 7.18. The second-order valence-corrected chi connectivity index (χ2v) is 5.27. The van der Waals surface area contributed by atoms with Crippen molar-refractivity contribution in [3.05, 3.63) is 35.9 Å². The van der Waals surface area contributed by atoms with Crippen molar-refractivity contribution in [1.29, 1.82) is 0 Å². The van der Waals surface area contributed by atoms with E-state index in [0.29, 0.717) is 6.42 Å². The summed E-state index contributed by atoms with van der Waals surface area (Å²) in [5.41, 5.74) is 6.83. The molecule has 21 heavy (non-hydrogen) atoms. The average Bonchev–Trinajstić information content (AvgIpc) is 2.96. The van der Waals surface area contributed by atoms with Gasteiger partial charge < -0.3 is 10.4 Å². The number of amides is 1. The lowest BCUT2D eigenvalue weighted by Crippen LogP contribution is -2.50. The van der Waals surface area contributed by atoms with Crippen molar-refractivity contribution in [2.45, 2.75) is 44.3 Å². The largest absolute Gasteiger partial charge is 0.480 e. The summed E-state index contributed by atoms with van der Waals surface area (Å²) >= 11 is 0. The standard InChI is InChI=1S/C15H21N3O3/c1-2-11-9-12(18-17-11)14(19)16-13(15(20)21)8-10-6-4-3-5-7-10/h3-7,11-13,17-18H,2,8-9H2,1H3,(H,16,19)(H,20,21)/t11?,12?,13-/m0/s1. The highest BCUT2D eigenvalue weighted by molar-refractivity contribution is 5.87. The molecule has 1 aliphatic rings. The van der Waals surface area contributed by atoms with Gasteiger partial charge in [-0.25, -0.2) is 10.2 Å². The summed E-state index contributed by atoms with van der Waals surface area (Å²) in [7, 11) is 0. The molecule has 2 unspecified atom stereocenters. The minimum Gasteiger partial charge on any atom is -0.480 e. The minimum absolute atomic E-state index is 0.248. The molecule has 0 aliphatic carbocycles. The van der Waals surface area contributed by atoms with Crippen LogP contribution in [0.15, 0.2) is 30.3 Å². The number of hydrogen-bond acceptors (Lipinski definition) is 4. The van der Waals surface area contributed by atoms with Crippen molar-refractivity contribution in [3.63, 3.8) is 0 Å². The Morgan fingerprint density at radius 3 is 2.62 bits per heavy atom. The normalized spacial score (nSPS) is 22.7. The third kappa shape index (κ3) is 4.27. The van der Waals surface area contributed by atoms with Crippen LogP contribution >= 0.6 is 0 Å². The Balaban J connectivity index is 1.94. The SMILES string of the molecule is CCC1CC(C(=O)N[C@@H](Cc2ccccc2)C(=O)O)NN1. The Bertz CT molecular complexity index is 492. The third-order valence-electron chi connectivity index (χ3n) is 3.69. The van der Waals surface area contributed by atoms with Crippen LogP contribution in [0.25, 0.3) is 0 Å². The zero-order valence-electron chi connectivity index (χ0n) is 12.0. The van der Waals surface area contributed by atoms with Crippen LogP contribution in [0.5, 0.6) is 0 Å². The zero-order chi connectivity index (χ0) is 15.2. The molecule has 1 aromatic rings. The predicted molar refractivity (Wildman–Crippen MR) is 78.5 cm³/mol. The fourth-order valence-electron chi connectivity index (χ4n) is 2.38. The molecule has 114 valence electrons. The second kappa shape index (κ2) is 7.19. The summed E-state index contributed by atoms with van der Waals surface area (Å²) in [6.45, 7) is 2.04. The molecule has 6 heteroatoms. The molecule has 1 aromatic carbocycles. The molecule has 6 nitrogen and oxygen atoms in total. The number of hydrogen-bond donors (Lipinski definition) is 4. The lowest BCUT2D eigenvalue weighted by Gasteiger charge is -2.17. The molecule has 1 aliphatic heterocycles. The molecule has 0 spiro atoms. The van der Waals surface area contributed by atoms with Gasteiger partial charge in [0.25, 0.3) is 0 Å². The molecule has 1 amide bonds. The van der Waals surface area contributed by atoms with E-state index in [1.807, 2.05) is 37.3 Å². The first kappa shape index (κ1) is 15.5. The van der Waals surface area contributed by atoms with Crippen LogP contribution in [0.4, 0.5) is 0 Å². The topological polar surface area (TPSA) is 90.5 Å². The van der Waals surface area contributed by atoms with Gasteiger partial charge in [0, 0.05) is 12.5 Å². The van der Waals surface area contributed by atoms with Gasteiger partial charge in [-0.3, -0.25) is 10.2 Å². The van der Waals surface area contributed by atoms with Gasteiger partial charge in [0.15, 0.2) is 0 Å². The third-order valence-corrected chi connectivity index (χ3v) is 3.69. The molecular weight excluding hydrogens is 270 g/mol. The van der Waals surface area contributed by atoms with Crippen molar-refractivity contribution in [1.82, 2.24) is 16.2 Å². The molecule has 1 fully saturated rings. The van der Waals surface area contributed by atoms with E-state index in [1.165, 1.54) is 0 Å². The van der Waals surface area contributed by atoms with E-state index in [-0.39, 0.29) is 24.4 Å². The van der Waals surface area contributed by atoms with Crippen molar-refractivity contribution in [2.75, 3.05) is 0 Å². The van der Waals surface area contributed by atoms with E-state index in [9.17, 15) is 14.7 Å². The lowest BCUT2D eigenvalue weighted by molar-refractivity contribution is -0.142. The molecule has 0 aromatic heterocycles. The van der Waals surface area contributed by atoms with E-state index >= 15 is 0 Å². The maximum atomic E-state index is 12.1. The molecular formula is C15H21N3O3. The van der Waals surface area contributed by atoms with Crippen LogP contribution in [-0.2, 0) is 16.0 Å². The van der Waals surface area contributed by atoms with Gasteiger partial charge in [0.2, 0.25) is 5.91 Å². The van der Waals surface area contributed by atoms with Gasteiger partial charge in [-0.05, 0) is 18.4 Å². The first-order valence-electron chi connectivity index (χ1n) is 7.18. The Hall–Kier alpha value is -1.92. The number of benzene rings is 1. The smallest absolute Gasteiger partial charge is 0.326 e. The van der Waals surface area contributed by atoms with E-state index in [4.69, 9.17) is 0 Å². The Labute approximate surface area is 123 Å². The fraction of sp³-hybridized carbons (Fsp3) is 0.467. The van der Waals surface area contributed by atoms with Gasteiger partial charge >= 0.3 is 5.97 Å². The van der Waals surface area contributed by atoms with Crippen molar-refractivity contribution in [3.8, 4) is 0 Å².